The van der Waals surface area contributed by atoms with Crippen molar-refractivity contribution in [3.05, 3.63) is 20.7 Å². The highest BCUT2D eigenvalue weighted by atomic mass is 32.1. The third kappa shape index (κ3) is 3.79. The second-order valence-electron chi connectivity index (χ2n) is 4.02. The van der Waals surface area contributed by atoms with Gasteiger partial charge in [0.2, 0.25) is 5.91 Å². The molecule has 0 aliphatic heterocycles. The lowest BCUT2D eigenvalue weighted by atomic mass is 10.4. The smallest absolute Gasteiger partial charge is 0.304 e. The molecule has 3 N–H and O–H groups in total. The van der Waals surface area contributed by atoms with Crippen molar-refractivity contribution in [2.75, 3.05) is 13.1 Å². The molecule has 1 aromatic heterocycles. The maximum Gasteiger partial charge on any atom is 0.304 e. The maximum atomic E-state index is 11.3. The first-order chi connectivity index (χ1) is 7.74. The molecule has 1 fully saturated rings. The summed E-state index contributed by atoms with van der Waals surface area (Å²) in [6, 6.07) is 0. The third-order valence-corrected chi connectivity index (χ3v) is 3.18. The predicted octanol–water partition coefficient (Wildman–Crippen LogP) is 0.0522. The summed E-state index contributed by atoms with van der Waals surface area (Å²) in [7, 11) is 0. The summed E-state index contributed by atoms with van der Waals surface area (Å²) in [6.45, 7) is 1.62. The Morgan fingerprint density at radius 2 is 2.38 bits per heavy atom. The van der Waals surface area contributed by atoms with Crippen LogP contribution in [0.2, 0.25) is 0 Å². The third-order valence-electron chi connectivity index (χ3n) is 2.46. The summed E-state index contributed by atoms with van der Waals surface area (Å²) in [4.78, 5) is 24.8. The molecule has 2 rings (SSSR count). The van der Waals surface area contributed by atoms with Crippen LogP contribution in [-0.2, 0) is 11.3 Å². The number of hydrogen-bond acceptors (Lipinski definition) is 4. The van der Waals surface area contributed by atoms with Crippen LogP contribution in [0.25, 0.3) is 0 Å². The Balaban J connectivity index is 1.59. The van der Waals surface area contributed by atoms with Gasteiger partial charge in [0.25, 0.3) is 0 Å². The molecule has 6 heteroatoms. The molecule has 1 saturated carbocycles. The zero-order valence-electron chi connectivity index (χ0n) is 8.91. The molecule has 1 aromatic rings. The van der Waals surface area contributed by atoms with Crippen LogP contribution in [-0.4, -0.2) is 24.0 Å². The predicted molar refractivity (Wildman–Crippen MR) is 62.4 cm³/mol. The number of aromatic amines is 1. The van der Waals surface area contributed by atoms with Crippen molar-refractivity contribution in [2.45, 2.75) is 19.4 Å². The average molecular weight is 241 g/mol. The molecular weight excluding hydrogens is 226 g/mol. The van der Waals surface area contributed by atoms with Crippen molar-refractivity contribution in [3.8, 4) is 0 Å². The van der Waals surface area contributed by atoms with E-state index in [1.165, 1.54) is 12.8 Å². The van der Waals surface area contributed by atoms with Gasteiger partial charge in [0.05, 0.1) is 6.54 Å². The topological polar surface area (TPSA) is 74.0 Å². The summed E-state index contributed by atoms with van der Waals surface area (Å²) in [5, 5.41) is 7.61. The molecule has 0 saturated heterocycles. The van der Waals surface area contributed by atoms with E-state index in [2.05, 4.69) is 15.6 Å². The number of thiazole rings is 1. The number of rotatable bonds is 6. The molecule has 1 amide bonds. The Morgan fingerprint density at radius 1 is 1.56 bits per heavy atom. The highest BCUT2D eigenvalue weighted by molar-refractivity contribution is 7.07. The van der Waals surface area contributed by atoms with E-state index in [0.29, 0.717) is 19.0 Å². The fraction of sp³-hybridized carbons (Fsp3) is 0.600. The van der Waals surface area contributed by atoms with Gasteiger partial charge in [0.1, 0.15) is 0 Å². The Kier molecular flexibility index (Phi) is 3.74. The van der Waals surface area contributed by atoms with Gasteiger partial charge in [-0.3, -0.25) is 9.59 Å². The van der Waals surface area contributed by atoms with E-state index in [1.54, 1.807) is 5.38 Å². The minimum absolute atomic E-state index is 0.0180. The lowest BCUT2D eigenvalue weighted by Gasteiger charge is -2.04. The van der Waals surface area contributed by atoms with Crippen molar-refractivity contribution in [1.29, 1.82) is 0 Å². The highest BCUT2D eigenvalue weighted by Gasteiger charge is 2.21. The number of hydrogen-bond donors (Lipinski definition) is 3. The quantitative estimate of drug-likeness (QED) is 0.659. The van der Waals surface area contributed by atoms with Crippen LogP contribution in [0.15, 0.2) is 10.2 Å². The van der Waals surface area contributed by atoms with Crippen LogP contribution in [0, 0.1) is 5.92 Å². The van der Waals surface area contributed by atoms with Crippen molar-refractivity contribution in [2.24, 2.45) is 5.92 Å². The monoisotopic (exact) mass is 241 g/mol. The molecule has 5 nitrogen and oxygen atoms in total. The molecule has 88 valence electrons. The minimum Gasteiger partial charge on any atom is -0.355 e. The molecule has 1 aliphatic carbocycles. The molecular formula is C10H15N3O2S. The first-order valence-corrected chi connectivity index (χ1v) is 6.26. The number of aromatic nitrogens is 1. The SMILES string of the molecule is O=C(CNCc1csc(=O)[nH]1)NCC1CC1. The van der Waals surface area contributed by atoms with E-state index in [0.717, 1.165) is 23.6 Å². The molecule has 0 unspecified atom stereocenters. The maximum absolute atomic E-state index is 11.3. The van der Waals surface area contributed by atoms with Gasteiger partial charge in [-0.05, 0) is 18.8 Å². The van der Waals surface area contributed by atoms with E-state index in [4.69, 9.17) is 0 Å². The average Bonchev–Trinajstić information content (AvgIpc) is 2.99. The fourth-order valence-electron chi connectivity index (χ4n) is 1.35. The fourth-order valence-corrected chi connectivity index (χ4v) is 1.94. The summed E-state index contributed by atoms with van der Waals surface area (Å²) < 4.78 is 0. The van der Waals surface area contributed by atoms with Crippen LogP contribution in [0.4, 0.5) is 0 Å². The number of nitrogens with one attached hydrogen (secondary N) is 3. The van der Waals surface area contributed by atoms with Crippen LogP contribution in [0.3, 0.4) is 0 Å². The van der Waals surface area contributed by atoms with Gasteiger partial charge < -0.3 is 15.6 Å². The van der Waals surface area contributed by atoms with Gasteiger partial charge in [-0.2, -0.15) is 0 Å². The van der Waals surface area contributed by atoms with E-state index >= 15 is 0 Å². The normalized spacial score (nSPS) is 15.0. The van der Waals surface area contributed by atoms with Gasteiger partial charge in [-0.25, -0.2) is 0 Å². The Labute approximate surface area is 97.3 Å². The Bertz CT molecular complexity index is 408. The van der Waals surface area contributed by atoms with Crippen LogP contribution >= 0.6 is 11.3 Å². The number of carbonyl (C=O) groups excluding carboxylic acids is 1. The standard InChI is InChI=1S/C10H15N3O2S/c14-9(12-3-7-1-2-7)5-11-4-8-6-16-10(15)13-8/h6-7,11H,1-5H2,(H,12,14)(H,13,15). The second kappa shape index (κ2) is 5.27. The molecule has 0 bridgehead atoms. The zero-order valence-corrected chi connectivity index (χ0v) is 9.73. The summed E-state index contributed by atoms with van der Waals surface area (Å²) >= 11 is 1.13. The molecule has 0 spiro atoms. The number of amides is 1. The first-order valence-electron chi connectivity index (χ1n) is 5.38. The van der Waals surface area contributed by atoms with E-state index in [-0.39, 0.29) is 10.8 Å². The first kappa shape index (κ1) is 11.3. The lowest BCUT2D eigenvalue weighted by Crippen LogP contribution is -2.34. The van der Waals surface area contributed by atoms with Crippen LogP contribution in [0.1, 0.15) is 18.5 Å². The van der Waals surface area contributed by atoms with Gasteiger partial charge >= 0.3 is 4.87 Å². The van der Waals surface area contributed by atoms with E-state index in [1.807, 2.05) is 0 Å². The van der Waals surface area contributed by atoms with E-state index in [9.17, 15) is 9.59 Å². The van der Waals surface area contributed by atoms with Gasteiger partial charge in [0, 0.05) is 24.2 Å². The molecule has 1 heterocycles. The molecule has 0 atom stereocenters. The molecule has 0 aromatic carbocycles. The van der Waals surface area contributed by atoms with Gasteiger partial charge in [-0.15, -0.1) is 0 Å². The molecule has 0 radical (unpaired) electrons. The molecule has 16 heavy (non-hydrogen) atoms. The van der Waals surface area contributed by atoms with Crippen LogP contribution in [0.5, 0.6) is 0 Å². The zero-order chi connectivity index (χ0) is 11.4. The second-order valence-corrected chi connectivity index (χ2v) is 4.87. The molecule has 1 aliphatic rings. The minimum atomic E-state index is -0.0602. The number of H-pyrrole nitrogens is 1. The Morgan fingerprint density at radius 3 is 3.00 bits per heavy atom. The van der Waals surface area contributed by atoms with Crippen molar-refractivity contribution in [3.63, 3.8) is 0 Å². The summed E-state index contributed by atoms with van der Waals surface area (Å²) in [5.74, 6) is 0.724. The lowest BCUT2D eigenvalue weighted by molar-refractivity contribution is -0.120. The van der Waals surface area contributed by atoms with Crippen LogP contribution < -0.4 is 15.5 Å². The Hall–Kier alpha value is -1.14. The van der Waals surface area contributed by atoms with E-state index < -0.39 is 0 Å². The van der Waals surface area contributed by atoms with Gasteiger partial charge in [-0.1, -0.05) is 11.3 Å². The summed E-state index contributed by atoms with van der Waals surface area (Å²) in [6.07, 6.45) is 2.48. The van der Waals surface area contributed by atoms with Crippen molar-refractivity contribution >= 4 is 17.2 Å². The number of carbonyl (C=O) groups is 1. The largest absolute Gasteiger partial charge is 0.355 e. The van der Waals surface area contributed by atoms with Gasteiger partial charge in [0.15, 0.2) is 0 Å². The van der Waals surface area contributed by atoms with Crippen molar-refractivity contribution < 1.29 is 4.79 Å². The highest BCUT2D eigenvalue weighted by Crippen LogP contribution is 2.27. The summed E-state index contributed by atoms with van der Waals surface area (Å²) in [5.41, 5.74) is 0.824. The van der Waals surface area contributed by atoms with Crippen molar-refractivity contribution in [1.82, 2.24) is 15.6 Å².